The molecular formula is C17H15F3N4O3S. The predicted molar refractivity (Wildman–Crippen MR) is 96.0 cm³/mol. The van der Waals surface area contributed by atoms with Crippen LogP contribution < -0.4 is 10.0 Å². The van der Waals surface area contributed by atoms with Crippen molar-refractivity contribution in [2.75, 3.05) is 5.32 Å². The van der Waals surface area contributed by atoms with Gasteiger partial charge in [-0.3, -0.25) is 10.1 Å². The molecule has 148 valence electrons. The van der Waals surface area contributed by atoms with E-state index in [0.717, 1.165) is 12.1 Å². The minimum Gasteiger partial charge on any atom is -0.324 e. The number of nitrogens with one attached hydrogen (secondary N) is 3. The van der Waals surface area contributed by atoms with Crippen molar-refractivity contribution in [1.82, 2.24) is 14.7 Å². The van der Waals surface area contributed by atoms with E-state index in [0.29, 0.717) is 17.1 Å². The van der Waals surface area contributed by atoms with Crippen LogP contribution in [0.3, 0.4) is 0 Å². The van der Waals surface area contributed by atoms with Gasteiger partial charge in [0.2, 0.25) is 21.9 Å². The maximum atomic E-state index is 13.1. The number of rotatable bonds is 5. The van der Waals surface area contributed by atoms with E-state index in [1.165, 1.54) is 13.0 Å². The van der Waals surface area contributed by atoms with Gasteiger partial charge in [0.25, 0.3) is 0 Å². The van der Waals surface area contributed by atoms with Gasteiger partial charge in [0, 0.05) is 0 Å². The highest BCUT2D eigenvalue weighted by Gasteiger charge is 2.37. The largest absolute Gasteiger partial charge is 0.417 e. The molecule has 0 bridgehead atoms. The van der Waals surface area contributed by atoms with Crippen molar-refractivity contribution in [1.29, 1.82) is 0 Å². The van der Waals surface area contributed by atoms with Crippen LogP contribution in [0.2, 0.25) is 0 Å². The molecule has 0 fully saturated rings. The molecule has 0 spiro atoms. The summed E-state index contributed by atoms with van der Waals surface area (Å²) in [5, 5.41) is 2.40. The molecule has 0 saturated carbocycles. The van der Waals surface area contributed by atoms with Gasteiger partial charge < -0.3 is 4.98 Å². The molecule has 0 aliphatic carbocycles. The molecule has 3 N–H and O–H groups in total. The molecule has 28 heavy (non-hydrogen) atoms. The van der Waals surface area contributed by atoms with E-state index in [2.05, 4.69) is 15.3 Å². The molecule has 0 unspecified atom stereocenters. The quantitative estimate of drug-likeness (QED) is 0.599. The van der Waals surface area contributed by atoms with E-state index in [1.807, 2.05) is 4.72 Å². The summed E-state index contributed by atoms with van der Waals surface area (Å²) in [5.74, 6) is -0.694. The Morgan fingerprint density at radius 2 is 1.75 bits per heavy atom. The van der Waals surface area contributed by atoms with Crippen molar-refractivity contribution in [2.24, 2.45) is 0 Å². The van der Waals surface area contributed by atoms with Crippen molar-refractivity contribution in [3.8, 4) is 0 Å². The number of aromatic amines is 1. The number of imidazole rings is 1. The summed E-state index contributed by atoms with van der Waals surface area (Å²) < 4.78 is 66.0. The predicted octanol–water partition coefficient (Wildman–Crippen LogP) is 2.89. The molecule has 0 aliphatic rings. The first kappa shape index (κ1) is 19.8. The van der Waals surface area contributed by atoms with E-state index < -0.39 is 38.6 Å². The lowest BCUT2D eigenvalue weighted by Gasteiger charge is -2.16. The zero-order chi connectivity index (χ0) is 20.5. The van der Waals surface area contributed by atoms with Gasteiger partial charge >= 0.3 is 6.18 Å². The molecular weight excluding hydrogens is 397 g/mol. The van der Waals surface area contributed by atoms with Crippen LogP contribution in [0.1, 0.15) is 12.5 Å². The zero-order valence-electron chi connectivity index (χ0n) is 14.4. The maximum absolute atomic E-state index is 13.1. The third-order valence-electron chi connectivity index (χ3n) is 3.84. The van der Waals surface area contributed by atoms with Crippen molar-refractivity contribution >= 4 is 32.9 Å². The number of benzene rings is 2. The minimum absolute atomic E-state index is 0.0907. The number of aromatic nitrogens is 2. The zero-order valence-corrected chi connectivity index (χ0v) is 15.2. The number of carbonyl (C=O) groups is 1. The molecule has 1 aromatic heterocycles. The van der Waals surface area contributed by atoms with Crippen LogP contribution in [-0.2, 0) is 21.0 Å². The van der Waals surface area contributed by atoms with Crippen LogP contribution >= 0.6 is 0 Å². The number of alkyl halides is 3. The van der Waals surface area contributed by atoms with Crippen molar-refractivity contribution in [3.63, 3.8) is 0 Å². The van der Waals surface area contributed by atoms with Crippen molar-refractivity contribution < 1.29 is 26.4 Å². The van der Waals surface area contributed by atoms with E-state index in [4.69, 9.17) is 0 Å². The number of hydrogen-bond donors (Lipinski definition) is 3. The first-order valence-corrected chi connectivity index (χ1v) is 9.50. The summed E-state index contributed by atoms with van der Waals surface area (Å²) in [4.78, 5) is 18.3. The molecule has 0 saturated heterocycles. The summed E-state index contributed by atoms with van der Waals surface area (Å²) in [6, 6.07) is 9.36. The highest BCUT2D eigenvalue weighted by Crippen LogP contribution is 2.33. The Morgan fingerprint density at radius 1 is 1.11 bits per heavy atom. The van der Waals surface area contributed by atoms with Crippen LogP contribution in [0.5, 0.6) is 0 Å². The van der Waals surface area contributed by atoms with E-state index >= 15 is 0 Å². The number of nitrogens with zero attached hydrogens (tertiary/aromatic N) is 1. The number of hydrogen-bond acceptors (Lipinski definition) is 4. The molecule has 3 aromatic rings. The number of anilines is 1. The average molecular weight is 412 g/mol. The first-order valence-electron chi connectivity index (χ1n) is 8.02. The van der Waals surface area contributed by atoms with E-state index in [-0.39, 0.29) is 5.95 Å². The van der Waals surface area contributed by atoms with Gasteiger partial charge in [0.05, 0.1) is 27.5 Å². The number of sulfonamides is 1. The lowest BCUT2D eigenvalue weighted by atomic mass is 10.2. The van der Waals surface area contributed by atoms with Crippen molar-refractivity contribution in [3.05, 3.63) is 54.1 Å². The third kappa shape index (κ3) is 4.15. The van der Waals surface area contributed by atoms with Gasteiger partial charge in [-0.1, -0.05) is 24.3 Å². The van der Waals surface area contributed by atoms with Gasteiger partial charge in [-0.05, 0) is 31.2 Å². The molecule has 1 heterocycles. The highest BCUT2D eigenvalue weighted by atomic mass is 32.2. The molecule has 1 atom stereocenters. The van der Waals surface area contributed by atoms with Crippen LogP contribution in [0.25, 0.3) is 11.0 Å². The highest BCUT2D eigenvalue weighted by molar-refractivity contribution is 7.89. The van der Waals surface area contributed by atoms with Gasteiger partial charge in [-0.2, -0.15) is 17.9 Å². The molecule has 1 amide bonds. The minimum atomic E-state index is -4.86. The second-order valence-corrected chi connectivity index (χ2v) is 7.61. The summed E-state index contributed by atoms with van der Waals surface area (Å²) in [6.07, 6.45) is -4.86. The van der Waals surface area contributed by atoms with Crippen LogP contribution in [0.4, 0.5) is 19.1 Å². The fourth-order valence-corrected chi connectivity index (χ4v) is 3.95. The molecule has 2 aromatic carbocycles. The Hall–Kier alpha value is -2.92. The van der Waals surface area contributed by atoms with Crippen LogP contribution in [0.15, 0.2) is 53.4 Å². The Labute approximate surface area is 158 Å². The average Bonchev–Trinajstić information content (AvgIpc) is 3.02. The Kier molecular flexibility index (Phi) is 5.13. The number of amides is 1. The topological polar surface area (TPSA) is 104 Å². The van der Waals surface area contributed by atoms with Gasteiger partial charge in [0.1, 0.15) is 0 Å². The van der Waals surface area contributed by atoms with Gasteiger partial charge in [-0.15, -0.1) is 0 Å². The monoisotopic (exact) mass is 412 g/mol. The van der Waals surface area contributed by atoms with Gasteiger partial charge in [0.15, 0.2) is 0 Å². The Morgan fingerprint density at radius 3 is 2.43 bits per heavy atom. The number of halogens is 3. The third-order valence-corrected chi connectivity index (χ3v) is 5.44. The standard InChI is InChI=1S/C17H15F3N4O3S/c1-10(15(25)23-16-21-12-7-3-4-8-13(12)22-16)24-28(26,27)14-9-5-2-6-11(14)17(18,19)20/h2-10,24H,1H3,(H2,21,22,23,25)/t10-/m1/s1. The molecule has 11 heteroatoms. The number of H-pyrrole nitrogens is 1. The number of fused-ring (bicyclic) bond motifs is 1. The SMILES string of the molecule is C[C@@H](NS(=O)(=O)c1ccccc1C(F)(F)F)C(=O)Nc1nc2ccccc2[nH]1. The first-order chi connectivity index (χ1) is 13.1. The number of carbonyl (C=O) groups excluding carboxylic acids is 1. The van der Waals surface area contributed by atoms with E-state index in [1.54, 1.807) is 24.3 Å². The number of para-hydroxylation sites is 2. The summed E-state index contributed by atoms with van der Waals surface area (Å²) in [7, 11) is -4.60. The smallest absolute Gasteiger partial charge is 0.324 e. The molecule has 3 rings (SSSR count). The summed E-state index contributed by atoms with van der Waals surface area (Å²) in [5.41, 5.74) is -0.0670. The molecule has 7 nitrogen and oxygen atoms in total. The molecule has 0 aliphatic heterocycles. The lowest BCUT2D eigenvalue weighted by molar-refractivity contribution is -0.139. The summed E-state index contributed by atoms with van der Waals surface area (Å²) >= 11 is 0. The summed E-state index contributed by atoms with van der Waals surface area (Å²) in [6.45, 7) is 1.21. The van der Waals surface area contributed by atoms with Crippen LogP contribution in [-0.4, -0.2) is 30.3 Å². The lowest BCUT2D eigenvalue weighted by Crippen LogP contribution is -2.42. The van der Waals surface area contributed by atoms with Crippen molar-refractivity contribution in [2.45, 2.75) is 24.0 Å². The Balaban J connectivity index is 1.78. The molecule has 0 radical (unpaired) electrons. The van der Waals surface area contributed by atoms with E-state index in [9.17, 15) is 26.4 Å². The normalized spacial score (nSPS) is 13.4. The second-order valence-electron chi connectivity index (χ2n) is 5.93. The van der Waals surface area contributed by atoms with Gasteiger partial charge in [-0.25, -0.2) is 13.4 Å². The van der Waals surface area contributed by atoms with Crippen LogP contribution in [0, 0.1) is 0 Å². The maximum Gasteiger partial charge on any atom is 0.417 e. The fourth-order valence-electron chi connectivity index (χ4n) is 2.52. The Bertz CT molecular complexity index is 1090. The second kappa shape index (κ2) is 7.24. The fraction of sp³-hybridized carbons (Fsp3) is 0.176.